The van der Waals surface area contributed by atoms with Crippen LogP contribution in [0.25, 0.3) is 0 Å². The van der Waals surface area contributed by atoms with Crippen LogP contribution >= 0.6 is 0 Å². The summed E-state index contributed by atoms with van der Waals surface area (Å²) in [5.74, 6) is -0.603. The highest BCUT2D eigenvalue weighted by molar-refractivity contribution is 6.08. The fraction of sp³-hybridized carbons (Fsp3) is 0.400. The highest BCUT2D eigenvalue weighted by Crippen LogP contribution is 2.24. The van der Waals surface area contributed by atoms with Crippen molar-refractivity contribution in [2.24, 2.45) is 0 Å². The summed E-state index contributed by atoms with van der Waals surface area (Å²) in [7, 11) is 0. The Morgan fingerprint density at radius 2 is 1.72 bits per heavy atom. The molecule has 5 nitrogen and oxygen atoms in total. The number of nitrogens with zero attached hydrogens (tertiary/aromatic N) is 1. The lowest BCUT2D eigenvalue weighted by molar-refractivity contribution is 0.0512. The molecular weight excluding hydrogens is 316 g/mol. The van der Waals surface area contributed by atoms with Gasteiger partial charge in [-0.1, -0.05) is 19.1 Å². The first kappa shape index (κ1) is 18.8. The van der Waals surface area contributed by atoms with Gasteiger partial charge in [0.15, 0.2) is 0 Å². The molecule has 0 aliphatic heterocycles. The molecule has 1 heterocycles. The SMILES string of the molecule is CCOC(=O)c1c(C)c(C(=O)Nc2ccc(CC)cc2)c(C)n1CC. The van der Waals surface area contributed by atoms with Gasteiger partial charge in [0.1, 0.15) is 5.69 Å². The van der Waals surface area contributed by atoms with E-state index in [0.717, 1.165) is 17.8 Å². The number of ether oxygens (including phenoxy) is 1. The lowest BCUT2D eigenvalue weighted by atomic mass is 10.1. The molecule has 0 saturated carbocycles. The Bertz CT molecular complexity index is 773. The minimum Gasteiger partial charge on any atom is -0.461 e. The first-order valence-corrected chi connectivity index (χ1v) is 8.71. The fourth-order valence-electron chi connectivity index (χ4n) is 3.10. The number of carbonyl (C=O) groups is 2. The highest BCUT2D eigenvalue weighted by atomic mass is 16.5. The summed E-state index contributed by atoms with van der Waals surface area (Å²) < 4.78 is 6.99. The summed E-state index contributed by atoms with van der Waals surface area (Å²) in [5, 5.41) is 2.92. The van der Waals surface area contributed by atoms with Crippen LogP contribution in [0.2, 0.25) is 0 Å². The normalized spacial score (nSPS) is 10.6. The summed E-state index contributed by atoms with van der Waals surface area (Å²) in [6, 6.07) is 7.78. The molecule has 1 aromatic carbocycles. The van der Waals surface area contributed by atoms with E-state index in [-0.39, 0.29) is 5.91 Å². The molecule has 0 saturated heterocycles. The first-order valence-electron chi connectivity index (χ1n) is 8.71. The lowest BCUT2D eigenvalue weighted by Gasteiger charge is -2.08. The third kappa shape index (κ3) is 3.76. The van der Waals surface area contributed by atoms with Crippen LogP contribution in [0, 0.1) is 13.8 Å². The molecular formula is C20H26N2O3. The van der Waals surface area contributed by atoms with Gasteiger partial charge in [-0.05, 0) is 57.4 Å². The van der Waals surface area contributed by atoms with Gasteiger partial charge in [-0.25, -0.2) is 4.79 Å². The minimum absolute atomic E-state index is 0.211. The lowest BCUT2D eigenvalue weighted by Crippen LogP contribution is -2.14. The molecule has 0 fully saturated rings. The van der Waals surface area contributed by atoms with Crippen LogP contribution in [0.5, 0.6) is 0 Å². The van der Waals surface area contributed by atoms with E-state index in [4.69, 9.17) is 4.74 Å². The van der Waals surface area contributed by atoms with Crippen molar-refractivity contribution < 1.29 is 14.3 Å². The van der Waals surface area contributed by atoms with E-state index in [9.17, 15) is 9.59 Å². The molecule has 2 aromatic rings. The predicted molar refractivity (Wildman–Crippen MR) is 99.3 cm³/mol. The Morgan fingerprint density at radius 3 is 2.24 bits per heavy atom. The number of hydrogen-bond donors (Lipinski definition) is 1. The molecule has 5 heteroatoms. The number of hydrogen-bond acceptors (Lipinski definition) is 3. The van der Waals surface area contributed by atoms with Crippen LogP contribution in [0.1, 0.15) is 58.4 Å². The van der Waals surface area contributed by atoms with Crippen molar-refractivity contribution in [3.05, 3.63) is 52.3 Å². The van der Waals surface area contributed by atoms with E-state index in [0.29, 0.717) is 30.0 Å². The Hall–Kier alpha value is -2.56. The van der Waals surface area contributed by atoms with Gasteiger partial charge in [0.2, 0.25) is 0 Å². The molecule has 0 atom stereocenters. The van der Waals surface area contributed by atoms with E-state index >= 15 is 0 Å². The molecule has 0 spiro atoms. The van der Waals surface area contributed by atoms with E-state index in [2.05, 4.69) is 12.2 Å². The number of nitrogens with one attached hydrogen (secondary N) is 1. The predicted octanol–water partition coefficient (Wildman–Crippen LogP) is 4.12. The topological polar surface area (TPSA) is 60.3 Å². The van der Waals surface area contributed by atoms with Gasteiger partial charge in [0.25, 0.3) is 5.91 Å². The summed E-state index contributed by atoms with van der Waals surface area (Å²) in [4.78, 5) is 25.1. The second kappa shape index (κ2) is 8.01. The van der Waals surface area contributed by atoms with Gasteiger partial charge in [-0.15, -0.1) is 0 Å². The molecule has 1 aromatic heterocycles. The first-order chi connectivity index (χ1) is 11.9. The van der Waals surface area contributed by atoms with E-state index in [1.54, 1.807) is 13.8 Å². The van der Waals surface area contributed by atoms with Crippen molar-refractivity contribution in [2.45, 2.75) is 47.6 Å². The molecule has 0 aliphatic carbocycles. The van der Waals surface area contributed by atoms with E-state index in [1.165, 1.54) is 5.56 Å². The molecule has 1 N–H and O–H groups in total. The maximum absolute atomic E-state index is 12.8. The highest BCUT2D eigenvalue weighted by Gasteiger charge is 2.26. The van der Waals surface area contributed by atoms with Crippen molar-refractivity contribution in [3.8, 4) is 0 Å². The van der Waals surface area contributed by atoms with E-state index < -0.39 is 5.97 Å². The summed E-state index contributed by atoms with van der Waals surface area (Å²) in [6.07, 6.45) is 0.953. The second-order valence-electron chi connectivity index (χ2n) is 5.90. The summed E-state index contributed by atoms with van der Waals surface area (Å²) >= 11 is 0. The molecule has 134 valence electrons. The Balaban J connectivity index is 2.37. The zero-order valence-electron chi connectivity index (χ0n) is 15.6. The quantitative estimate of drug-likeness (QED) is 0.804. The van der Waals surface area contributed by atoms with Crippen molar-refractivity contribution >= 4 is 17.6 Å². The largest absolute Gasteiger partial charge is 0.461 e. The third-order valence-corrected chi connectivity index (χ3v) is 4.40. The van der Waals surface area contributed by atoms with Crippen LogP contribution in [-0.2, 0) is 17.7 Å². The summed E-state index contributed by atoms with van der Waals surface area (Å²) in [6.45, 7) is 10.4. The van der Waals surface area contributed by atoms with Crippen molar-refractivity contribution in [1.82, 2.24) is 4.57 Å². The zero-order valence-corrected chi connectivity index (χ0v) is 15.6. The summed E-state index contributed by atoms with van der Waals surface area (Å²) in [5.41, 5.74) is 4.36. The van der Waals surface area contributed by atoms with E-state index in [1.807, 2.05) is 42.7 Å². The van der Waals surface area contributed by atoms with Gasteiger partial charge in [0, 0.05) is 17.9 Å². The Labute approximate surface area is 149 Å². The monoisotopic (exact) mass is 342 g/mol. The number of esters is 1. The molecule has 0 radical (unpaired) electrons. The number of amides is 1. The molecule has 0 aliphatic rings. The van der Waals surface area contributed by atoms with Crippen molar-refractivity contribution in [1.29, 1.82) is 0 Å². The van der Waals surface area contributed by atoms with Crippen LogP contribution in [0.4, 0.5) is 5.69 Å². The van der Waals surface area contributed by atoms with Crippen molar-refractivity contribution in [3.63, 3.8) is 0 Å². The zero-order chi connectivity index (χ0) is 18.6. The van der Waals surface area contributed by atoms with Gasteiger partial charge in [-0.3, -0.25) is 4.79 Å². The fourth-order valence-corrected chi connectivity index (χ4v) is 3.10. The molecule has 0 unspecified atom stereocenters. The standard InChI is InChI=1S/C20H26N2O3/c1-6-15-9-11-16(12-10-15)21-19(23)17-13(4)18(20(24)25-8-3)22(7-2)14(17)5/h9-12H,6-8H2,1-5H3,(H,21,23). The Kier molecular flexibility index (Phi) is 6.02. The molecule has 0 bridgehead atoms. The van der Waals surface area contributed by atoms with Crippen LogP contribution in [0.15, 0.2) is 24.3 Å². The van der Waals surface area contributed by atoms with Gasteiger partial charge < -0.3 is 14.6 Å². The van der Waals surface area contributed by atoms with Gasteiger partial charge in [-0.2, -0.15) is 0 Å². The Morgan fingerprint density at radius 1 is 1.08 bits per heavy atom. The average Bonchev–Trinajstić information content (AvgIpc) is 2.85. The van der Waals surface area contributed by atoms with Crippen LogP contribution in [-0.4, -0.2) is 23.1 Å². The smallest absolute Gasteiger partial charge is 0.355 e. The number of aryl methyl sites for hydroxylation is 1. The average molecular weight is 342 g/mol. The molecule has 2 rings (SSSR count). The maximum Gasteiger partial charge on any atom is 0.355 e. The van der Waals surface area contributed by atoms with Crippen LogP contribution < -0.4 is 5.32 Å². The maximum atomic E-state index is 12.8. The third-order valence-electron chi connectivity index (χ3n) is 4.40. The number of anilines is 1. The van der Waals surface area contributed by atoms with Gasteiger partial charge in [0.05, 0.1) is 12.2 Å². The van der Waals surface area contributed by atoms with Crippen LogP contribution in [0.3, 0.4) is 0 Å². The molecule has 25 heavy (non-hydrogen) atoms. The number of rotatable bonds is 6. The number of benzene rings is 1. The molecule has 1 amide bonds. The minimum atomic E-state index is -0.392. The number of carbonyl (C=O) groups excluding carboxylic acids is 2. The second-order valence-corrected chi connectivity index (χ2v) is 5.90. The number of aromatic nitrogens is 1. The van der Waals surface area contributed by atoms with Gasteiger partial charge >= 0.3 is 5.97 Å². The van der Waals surface area contributed by atoms with Crippen molar-refractivity contribution in [2.75, 3.05) is 11.9 Å².